The normalized spacial score (nSPS) is 14.2. The molecule has 0 saturated heterocycles. The van der Waals surface area contributed by atoms with E-state index < -0.39 is 20.6 Å². The van der Waals surface area contributed by atoms with Crippen LogP contribution in [0.25, 0.3) is 0 Å². The predicted octanol–water partition coefficient (Wildman–Crippen LogP) is 2.28. The Morgan fingerprint density at radius 1 is 1.44 bits per heavy atom. The average Bonchev–Trinajstić information content (AvgIpc) is 2.58. The molecule has 16 heavy (non-hydrogen) atoms. The van der Waals surface area contributed by atoms with Gasteiger partial charge in [0.1, 0.15) is 5.82 Å². The van der Waals surface area contributed by atoms with Crippen LogP contribution in [-0.2, 0) is 14.8 Å². The number of fused-ring (bicyclic) bond motifs is 1. The molecule has 0 spiro atoms. The zero-order valence-corrected chi connectivity index (χ0v) is 10.00. The first-order valence-electron chi connectivity index (χ1n) is 4.07. The van der Waals surface area contributed by atoms with Gasteiger partial charge in [-0.15, -0.1) is 0 Å². The molecule has 0 unspecified atom stereocenters. The van der Waals surface area contributed by atoms with Gasteiger partial charge in [-0.05, 0) is 0 Å². The van der Waals surface area contributed by atoms with Gasteiger partial charge >= 0.3 is 0 Å². The van der Waals surface area contributed by atoms with Crippen LogP contribution in [0.3, 0.4) is 0 Å². The van der Waals surface area contributed by atoms with Gasteiger partial charge in [0, 0.05) is 16.7 Å². The summed E-state index contributed by atoms with van der Waals surface area (Å²) in [7, 11) is 1.16. The zero-order chi connectivity index (χ0) is 11.9. The van der Waals surface area contributed by atoms with Crippen LogP contribution in [0.5, 0.6) is 11.5 Å². The van der Waals surface area contributed by atoms with Gasteiger partial charge in [-0.1, -0.05) is 11.6 Å². The number of rotatable bonds is 2. The van der Waals surface area contributed by atoms with E-state index >= 15 is 0 Å². The highest BCUT2D eigenvalue weighted by atomic mass is 35.7. The second-order valence-electron chi connectivity index (χ2n) is 3.07. The highest BCUT2D eigenvalue weighted by Gasteiger charge is 2.26. The van der Waals surface area contributed by atoms with Crippen LogP contribution in [0.4, 0.5) is 4.39 Å². The largest absolute Gasteiger partial charge is 0.454 e. The van der Waals surface area contributed by atoms with Crippen LogP contribution in [-0.4, -0.2) is 15.2 Å². The molecule has 2 rings (SSSR count). The molecule has 8 heteroatoms. The van der Waals surface area contributed by atoms with E-state index in [2.05, 4.69) is 0 Å². The van der Waals surface area contributed by atoms with Gasteiger partial charge in [-0.2, -0.15) is 0 Å². The molecule has 0 amide bonds. The van der Waals surface area contributed by atoms with Crippen molar-refractivity contribution in [2.45, 2.75) is 5.75 Å². The minimum Gasteiger partial charge on any atom is -0.454 e. The van der Waals surface area contributed by atoms with Crippen LogP contribution in [0, 0.1) is 5.82 Å². The SMILES string of the molecule is O=S(=O)(Cl)Cc1c(F)c(Cl)cc2c1OCO2. The monoisotopic (exact) mass is 286 g/mol. The first-order chi connectivity index (χ1) is 7.38. The summed E-state index contributed by atoms with van der Waals surface area (Å²) in [6.07, 6.45) is 0. The number of hydrogen-bond acceptors (Lipinski definition) is 4. The molecule has 0 aromatic heterocycles. The van der Waals surface area contributed by atoms with E-state index in [-0.39, 0.29) is 28.9 Å². The first-order valence-corrected chi connectivity index (χ1v) is 6.93. The van der Waals surface area contributed by atoms with Gasteiger partial charge in [-0.3, -0.25) is 0 Å². The molecule has 1 aliphatic rings. The molecule has 0 saturated carbocycles. The van der Waals surface area contributed by atoms with E-state index in [0.29, 0.717) is 0 Å². The molecule has 1 aliphatic heterocycles. The van der Waals surface area contributed by atoms with E-state index in [1.165, 1.54) is 6.07 Å². The van der Waals surface area contributed by atoms with Crippen molar-refractivity contribution >= 4 is 31.3 Å². The summed E-state index contributed by atoms with van der Waals surface area (Å²) in [5.74, 6) is -1.32. The van der Waals surface area contributed by atoms with Gasteiger partial charge in [0.05, 0.1) is 16.3 Å². The second kappa shape index (κ2) is 3.94. The van der Waals surface area contributed by atoms with Gasteiger partial charge in [0.15, 0.2) is 11.5 Å². The fourth-order valence-electron chi connectivity index (χ4n) is 1.36. The zero-order valence-electron chi connectivity index (χ0n) is 7.67. The number of halogens is 3. The maximum absolute atomic E-state index is 13.6. The van der Waals surface area contributed by atoms with Crippen molar-refractivity contribution in [3.8, 4) is 11.5 Å². The molecule has 4 nitrogen and oxygen atoms in total. The molecular weight excluding hydrogens is 282 g/mol. The first kappa shape index (κ1) is 11.8. The Labute approximate surface area is 100 Å². The third kappa shape index (κ3) is 2.18. The number of hydrogen-bond donors (Lipinski definition) is 0. The quantitative estimate of drug-likeness (QED) is 0.783. The van der Waals surface area contributed by atoms with Crippen LogP contribution < -0.4 is 9.47 Å². The van der Waals surface area contributed by atoms with Crippen molar-refractivity contribution in [1.29, 1.82) is 0 Å². The minimum atomic E-state index is -3.90. The third-order valence-corrected chi connectivity index (χ3v) is 3.20. The summed E-state index contributed by atoms with van der Waals surface area (Å²) >= 11 is 5.58. The average molecular weight is 287 g/mol. The maximum Gasteiger partial charge on any atom is 0.237 e. The molecule has 88 valence electrons. The summed E-state index contributed by atoms with van der Waals surface area (Å²) < 4.78 is 45.4. The number of benzene rings is 1. The third-order valence-electron chi connectivity index (χ3n) is 1.96. The lowest BCUT2D eigenvalue weighted by Gasteiger charge is -2.06. The summed E-state index contributed by atoms with van der Waals surface area (Å²) in [5, 5.41) is -0.237. The van der Waals surface area contributed by atoms with Crippen LogP contribution in [0.2, 0.25) is 5.02 Å². The highest BCUT2D eigenvalue weighted by Crippen LogP contribution is 2.41. The maximum atomic E-state index is 13.6. The summed E-state index contributed by atoms with van der Waals surface area (Å²) in [6.45, 7) is -0.107. The molecular formula is C8H5Cl2FO4S. The van der Waals surface area contributed by atoms with Crippen molar-refractivity contribution in [3.63, 3.8) is 0 Å². The van der Waals surface area contributed by atoms with Gasteiger partial charge < -0.3 is 9.47 Å². The van der Waals surface area contributed by atoms with E-state index in [1.54, 1.807) is 0 Å². The molecule has 1 heterocycles. The van der Waals surface area contributed by atoms with E-state index in [4.69, 9.17) is 31.8 Å². The van der Waals surface area contributed by atoms with Crippen LogP contribution in [0.1, 0.15) is 5.56 Å². The Morgan fingerprint density at radius 3 is 2.75 bits per heavy atom. The molecule has 0 bridgehead atoms. The second-order valence-corrected chi connectivity index (χ2v) is 6.25. The molecule has 0 aliphatic carbocycles. The standard InChI is InChI=1S/C8H5Cl2FO4S/c9-5-1-6-8(15-3-14-6)4(7(5)11)2-16(10,12)13/h1H,2-3H2. The van der Waals surface area contributed by atoms with Crippen LogP contribution in [0.15, 0.2) is 6.07 Å². The van der Waals surface area contributed by atoms with Gasteiger partial charge in [0.25, 0.3) is 0 Å². The van der Waals surface area contributed by atoms with Crippen molar-refractivity contribution in [1.82, 2.24) is 0 Å². The molecule has 0 fully saturated rings. The Morgan fingerprint density at radius 2 is 2.12 bits per heavy atom. The van der Waals surface area contributed by atoms with Crippen LogP contribution >= 0.6 is 22.3 Å². The fourth-order valence-corrected chi connectivity index (χ4v) is 2.50. The van der Waals surface area contributed by atoms with Crippen molar-refractivity contribution in [2.75, 3.05) is 6.79 Å². The predicted molar refractivity (Wildman–Crippen MR) is 56.0 cm³/mol. The summed E-state index contributed by atoms with van der Waals surface area (Å²) in [6, 6.07) is 1.23. The van der Waals surface area contributed by atoms with Crippen molar-refractivity contribution < 1.29 is 22.3 Å². The van der Waals surface area contributed by atoms with E-state index in [1.807, 2.05) is 0 Å². The lowest BCUT2D eigenvalue weighted by atomic mass is 10.2. The van der Waals surface area contributed by atoms with Gasteiger partial charge in [0.2, 0.25) is 15.8 Å². The molecule has 0 atom stereocenters. The van der Waals surface area contributed by atoms with Crippen molar-refractivity contribution in [2.24, 2.45) is 0 Å². The lowest BCUT2D eigenvalue weighted by molar-refractivity contribution is 0.173. The minimum absolute atomic E-state index is 0.0334. The Hall–Kier alpha value is -0.720. The van der Waals surface area contributed by atoms with Crippen molar-refractivity contribution in [3.05, 3.63) is 22.5 Å². The molecule has 0 radical (unpaired) electrons. The summed E-state index contributed by atoms with van der Waals surface area (Å²) in [5.41, 5.74) is -0.213. The molecule has 1 aromatic rings. The molecule has 0 N–H and O–H groups in total. The Kier molecular flexibility index (Phi) is 2.90. The molecule has 1 aromatic carbocycles. The topological polar surface area (TPSA) is 52.6 Å². The van der Waals surface area contributed by atoms with Gasteiger partial charge in [-0.25, -0.2) is 12.8 Å². The lowest BCUT2D eigenvalue weighted by Crippen LogP contribution is -2.01. The smallest absolute Gasteiger partial charge is 0.237 e. The highest BCUT2D eigenvalue weighted by molar-refractivity contribution is 8.13. The fraction of sp³-hybridized carbons (Fsp3) is 0.250. The van der Waals surface area contributed by atoms with E-state index in [9.17, 15) is 12.8 Å². The number of ether oxygens (including phenoxy) is 2. The Balaban J connectivity index is 2.59. The summed E-state index contributed by atoms with van der Waals surface area (Å²) in [4.78, 5) is 0. The Bertz CT molecular complexity index is 543. The van der Waals surface area contributed by atoms with E-state index in [0.717, 1.165) is 0 Å².